The van der Waals surface area contributed by atoms with E-state index in [1.807, 2.05) is 44.2 Å². The molecule has 4 aromatic carbocycles. The number of esters is 1. The molecule has 0 saturated heterocycles. The van der Waals surface area contributed by atoms with Crippen LogP contribution in [0, 0.1) is 13.8 Å². The van der Waals surface area contributed by atoms with Crippen LogP contribution >= 0.6 is 0 Å². The first kappa shape index (κ1) is 30.6. The average Bonchev–Trinajstić information content (AvgIpc) is 3.09. The van der Waals surface area contributed by atoms with Crippen LogP contribution in [0.1, 0.15) is 63.6 Å². The molecule has 0 saturated carbocycles. The number of aromatic hydroxyl groups is 1. The molecule has 2 aliphatic heterocycles. The van der Waals surface area contributed by atoms with Gasteiger partial charge < -0.3 is 38.3 Å². The predicted molar refractivity (Wildman–Crippen MR) is 174 cm³/mol. The van der Waals surface area contributed by atoms with Crippen LogP contribution in [0.3, 0.4) is 0 Å². The van der Waals surface area contributed by atoms with Crippen LogP contribution in [0.25, 0.3) is 0 Å². The second-order valence-electron chi connectivity index (χ2n) is 12.4. The molecule has 4 aromatic rings. The number of methoxy groups -OCH3 is 4. The second-order valence-corrected chi connectivity index (χ2v) is 12.4. The Hall–Kier alpha value is -5.05. The standard InChI is InChI=1S/C38H38O9/c1-19-28(40)11-9-24-35-34-23-10-13-29(47-21(3)39)20(2)37(23)45-17-26(34)25-15-32(43-6)33(44-7)16-27(25)38(35,18-46-36(19)24)22-8-12-30(41-4)31(14-22)42-5/h8-16,26,34-35,40H,17-18H2,1-7H3. The highest BCUT2D eigenvalue weighted by atomic mass is 16.5. The number of phenols is 1. The van der Waals surface area contributed by atoms with Crippen molar-refractivity contribution in [2.45, 2.75) is 43.9 Å². The van der Waals surface area contributed by atoms with Crippen LogP contribution < -0.4 is 33.2 Å². The molecule has 7 rings (SSSR count). The molecule has 0 bridgehead atoms. The molecule has 9 nitrogen and oxygen atoms in total. The molecule has 0 spiro atoms. The van der Waals surface area contributed by atoms with Gasteiger partial charge in [-0.05, 0) is 78.1 Å². The van der Waals surface area contributed by atoms with E-state index in [1.165, 1.54) is 6.92 Å². The lowest BCUT2D eigenvalue weighted by Crippen LogP contribution is -2.52. The van der Waals surface area contributed by atoms with Gasteiger partial charge in [0.2, 0.25) is 0 Å². The number of phenolic OH excluding ortho intramolecular Hbond substituents is 1. The number of hydrogen-bond donors (Lipinski definition) is 1. The van der Waals surface area contributed by atoms with Crippen molar-refractivity contribution in [1.82, 2.24) is 0 Å². The van der Waals surface area contributed by atoms with Gasteiger partial charge in [0.25, 0.3) is 0 Å². The minimum Gasteiger partial charge on any atom is -0.508 e. The maximum absolute atomic E-state index is 12.0. The van der Waals surface area contributed by atoms with Gasteiger partial charge in [0.05, 0.1) is 40.5 Å². The van der Waals surface area contributed by atoms with Crippen molar-refractivity contribution < 1.29 is 43.1 Å². The normalized spacial score (nSPS) is 21.7. The van der Waals surface area contributed by atoms with Gasteiger partial charge in [0.1, 0.15) is 29.6 Å². The van der Waals surface area contributed by atoms with E-state index in [0.29, 0.717) is 52.4 Å². The third kappa shape index (κ3) is 4.39. The van der Waals surface area contributed by atoms with Gasteiger partial charge in [-0.2, -0.15) is 0 Å². The highest BCUT2D eigenvalue weighted by Gasteiger charge is 2.59. The van der Waals surface area contributed by atoms with E-state index in [9.17, 15) is 9.90 Å². The summed E-state index contributed by atoms with van der Waals surface area (Å²) < 4.78 is 42.1. The Morgan fingerprint density at radius 3 is 2.09 bits per heavy atom. The Balaban J connectivity index is 1.60. The van der Waals surface area contributed by atoms with E-state index >= 15 is 0 Å². The fourth-order valence-corrected chi connectivity index (χ4v) is 8.15. The third-order valence-corrected chi connectivity index (χ3v) is 10.3. The van der Waals surface area contributed by atoms with Crippen LogP contribution in [0.15, 0.2) is 54.6 Å². The molecule has 244 valence electrons. The molecule has 1 N–H and O–H groups in total. The number of carbonyl (C=O) groups is 1. The number of hydrogen-bond acceptors (Lipinski definition) is 9. The van der Waals surface area contributed by atoms with Gasteiger partial charge >= 0.3 is 5.97 Å². The summed E-state index contributed by atoms with van der Waals surface area (Å²) in [6.07, 6.45) is 0. The smallest absolute Gasteiger partial charge is 0.308 e. The highest BCUT2D eigenvalue weighted by molar-refractivity contribution is 5.72. The molecule has 47 heavy (non-hydrogen) atoms. The summed E-state index contributed by atoms with van der Waals surface area (Å²) in [6.45, 7) is 5.85. The van der Waals surface area contributed by atoms with Crippen LogP contribution in [0.5, 0.6) is 46.0 Å². The van der Waals surface area contributed by atoms with Gasteiger partial charge in [-0.25, -0.2) is 0 Å². The maximum atomic E-state index is 12.0. The van der Waals surface area contributed by atoms with Crippen molar-refractivity contribution in [2.75, 3.05) is 41.7 Å². The summed E-state index contributed by atoms with van der Waals surface area (Å²) in [4.78, 5) is 12.0. The van der Waals surface area contributed by atoms with Crippen molar-refractivity contribution in [3.05, 3.63) is 93.5 Å². The minimum absolute atomic E-state index is 0.0883. The largest absolute Gasteiger partial charge is 0.508 e. The van der Waals surface area contributed by atoms with Gasteiger partial charge in [0, 0.05) is 35.8 Å². The summed E-state index contributed by atoms with van der Waals surface area (Å²) in [5.74, 6) is 3.68. The molecular formula is C38H38O9. The zero-order valence-corrected chi connectivity index (χ0v) is 27.6. The zero-order valence-electron chi connectivity index (χ0n) is 27.6. The SMILES string of the molecule is COc1ccc(C23COc4c(ccc(O)c4C)C2C2c4ccc(OC(C)=O)c(C)c4OCC2c2cc(OC)c(OC)cc23)cc1OC. The molecule has 9 heteroatoms. The topological polar surface area (TPSA) is 102 Å². The minimum atomic E-state index is -0.761. The van der Waals surface area contributed by atoms with E-state index in [4.69, 9.17) is 33.2 Å². The Kier molecular flexibility index (Phi) is 7.38. The number of fused-ring (bicyclic) bond motifs is 10. The first-order chi connectivity index (χ1) is 22.7. The predicted octanol–water partition coefficient (Wildman–Crippen LogP) is 6.70. The zero-order chi connectivity index (χ0) is 33.2. The fourth-order valence-electron chi connectivity index (χ4n) is 8.15. The molecule has 0 radical (unpaired) electrons. The molecule has 3 aliphatic rings. The van der Waals surface area contributed by atoms with Gasteiger partial charge in [-0.3, -0.25) is 4.79 Å². The van der Waals surface area contributed by atoms with E-state index in [1.54, 1.807) is 34.5 Å². The molecular weight excluding hydrogens is 600 g/mol. The van der Waals surface area contributed by atoms with Crippen molar-refractivity contribution in [3.8, 4) is 46.0 Å². The quantitative estimate of drug-likeness (QED) is 0.183. The summed E-state index contributed by atoms with van der Waals surface area (Å²) in [5, 5.41) is 10.8. The molecule has 0 amide bonds. The number of carbonyl (C=O) groups excluding carboxylic acids is 1. The Labute approximate surface area is 273 Å². The number of ether oxygens (including phenoxy) is 7. The van der Waals surface area contributed by atoms with Crippen molar-refractivity contribution in [1.29, 1.82) is 0 Å². The molecule has 0 aromatic heterocycles. The van der Waals surface area contributed by atoms with Crippen LogP contribution in [0.4, 0.5) is 0 Å². The lowest BCUT2D eigenvalue weighted by Gasteiger charge is -2.56. The monoisotopic (exact) mass is 638 g/mol. The Bertz CT molecular complexity index is 1910. The first-order valence-electron chi connectivity index (χ1n) is 15.6. The van der Waals surface area contributed by atoms with E-state index < -0.39 is 11.4 Å². The Morgan fingerprint density at radius 2 is 1.38 bits per heavy atom. The molecule has 2 heterocycles. The lowest BCUT2D eigenvalue weighted by molar-refractivity contribution is -0.131. The summed E-state index contributed by atoms with van der Waals surface area (Å²) in [7, 11) is 6.53. The van der Waals surface area contributed by atoms with Crippen molar-refractivity contribution in [3.63, 3.8) is 0 Å². The summed E-state index contributed by atoms with van der Waals surface area (Å²) in [5.41, 5.74) is 5.74. The second kappa shape index (κ2) is 11.3. The maximum Gasteiger partial charge on any atom is 0.308 e. The van der Waals surface area contributed by atoms with Crippen LogP contribution in [-0.4, -0.2) is 52.7 Å². The van der Waals surface area contributed by atoms with Gasteiger partial charge in [-0.15, -0.1) is 0 Å². The van der Waals surface area contributed by atoms with E-state index in [0.717, 1.165) is 33.4 Å². The molecule has 1 aliphatic carbocycles. The highest BCUT2D eigenvalue weighted by Crippen LogP contribution is 2.67. The number of rotatable bonds is 6. The summed E-state index contributed by atoms with van der Waals surface area (Å²) >= 11 is 0. The molecule has 4 unspecified atom stereocenters. The number of benzene rings is 4. The van der Waals surface area contributed by atoms with Crippen molar-refractivity contribution >= 4 is 5.97 Å². The lowest BCUT2D eigenvalue weighted by atomic mass is 9.49. The molecule has 4 atom stereocenters. The Morgan fingerprint density at radius 1 is 0.745 bits per heavy atom. The van der Waals surface area contributed by atoms with E-state index in [2.05, 4.69) is 18.2 Å². The van der Waals surface area contributed by atoms with E-state index in [-0.39, 0.29) is 30.1 Å². The van der Waals surface area contributed by atoms with Gasteiger partial charge in [-0.1, -0.05) is 18.2 Å². The van der Waals surface area contributed by atoms with Crippen LogP contribution in [-0.2, 0) is 10.2 Å². The summed E-state index contributed by atoms with van der Waals surface area (Å²) in [6, 6.07) is 17.8. The van der Waals surface area contributed by atoms with Gasteiger partial charge in [0.15, 0.2) is 23.0 Å². The van der Waals surface area contributed by atoms with Crippen molar-refractivity contribution in [2.24, 2.45) is 0 Å². The average molecular weight is 639 g/mol. The van der Waals surface area contributed by atoms with Crippen LogP contribution in [0.2, 0.25) is 0 Å². The fraction of sp³-hybridized carbons (Fsp3) is 0.342. The third-order valence-electron chi connectivity index (χ3n) is 10.3. The first-order valence-corrected chi connectivity index (χ1v) is 15.6. The molecule has 0 fully saturated rings.